The van der Waals surface area contributed by atoms with Gasteiger partial charge in [0.2, 0.25) is 5.91 Å². The molecule has 0 unspecified atom stereocenters. The van der Waals surface area contributed by atoms with Crippen LogP contribution in [0.3, 0.4) is 0 Å². The normalized spacial score (nSPS) is 13.2. The van der Waals surface area contributed by atoms with Gasteiger partial charge in [-0.3, -0.25) is 14.6 Å². The van der Waals surface area contributed by atoms with E-state index in [0.29, 0.717) is 13.1 Å². The van der Waals surface area contributed by atoms with E-state index in [0.717, 1.165) is 56.0 Å². The van der Waals surface area contributed by atoms with Gasteiger partial charge in [-0.25, -0.2) is 24.2 Å². The second-order valence-electron chi connectivity index (χ2n) is 8.56. The third-order valence-electron chi connectivity index (χ3n) is 5.59. The molecule has 1 aliphatic heterocycles. The van der Waals surface area contributed by atoms with E-state index >= 15 is 0 Å². The van der Waals surface area contributed by atoms with Crippen molar-refractivity contribution in [1.29, 1.82) is 0 Å². The van der Waals surface area contributed by atoms with Crippen LogP contribution in [-0.4, -0.2) is 109 Å². The highest BCUT2D eigenvalue weighted by Crippen LogP contribution is 2.13. The number of amides is 1. The Morgan fingerprint density at radius 3 is 1.82 bits per heavy atom. The van der Waals surface area contributed by atoms with Crippen molar-refractivity contribution in [1.82, 2.24) is 25.1 Å². The van der Waals surface area contributed by atoms with Gasteiger partial charge in [0, 0.05) is 32.7 Å². The zero-order valence-electron chi connectivity index (χ0n) is 21.5. The summed E-state index contributed by atoms with van der Waals surface area (Å²) in [5, 5.41) is 32.6. The van der Waals surface area contributed by atoms with Gasteiger partial charge in [0.15, 0.2) is 0 Å². The number of nitrogens with zero attached hydrogens (tertiary/aromatic N) is 3. The first-order chi connectivity index (χ1) is 19.0. The van der Waals surface area contributed by atoms with Crippen LogP contribution in [0.25, 0.3) is 11.0 Å². The minimum absolute atomic E-state index is 0.113. The first kappa shape index (κ1) is 31.4. The predicted molar refractivity (Wildman–Crippen MR) is 142 cm³/mol. The maximum atomic E-state index is 12.2. The van der Waals surface area contributed by atoms with E-state index in [9.17, 15) is 4.79 Å². The third kappa shape index (κ3) is 11.7. The summed E-state index contributed by atoms with van der Waals surface area (Å²) in [6, 6.07) is 18.4. The van der Waals surface area contributed by atoms with Crippen molar-refractivity contribution in [3.05, 3.63) is 66.0 Å². The van der Waals surface area contributed by atoms with Crippen LogP contribution >= 0.6 is 0 Å². The van der Waals surface area contributed by atoms with Gasteiger partial charge in [0.1, 0.15) is 5.82 Å². The molecule has 4 rings (SSSR count). The molecular weight excluding hydrogens is 526 g/mol. The van der Waals surface area contributed by atoms with Crippen LogP contribution < -0.4 is 5.32 Å². The molecular formula is C26H31N5O9. The van der Waals surface area contributed by atoms with Gasteiger partial charge in [-0.2, -0.15) is 0 Å². The lowest BCUT2D eigenvalue weighted by atomic mass is 10.1. The van der Waals surface area contributed by atoms with Crippen molar-refractivity contribution in [3.8, 4) is 0 Å². The van der Waals surface area contributed by atoms with Crippen LogP contribution in [0.1, 0.15) is 11.4 Å². The van der Waals surface area contributed by atoms with Crippen LogP contribution in [0.4, 0.5) is 0 Å². The molecule has 3 aromatic rings. The Labute approximate surface area is 228 Å². The number of fused-ring (bicyclic) bond motifs is 1. The van der Waals surface area contributed by atoms with Crippen LogP contribution in [0.15, 0.2) is 54.6 Å². The Balaban J connectivity index is 0.000000393. The highest BCUT2D eigenvalue weighted by atomic mass is 16.4. The second kappa shape index (κ2) is 16.2. The van der Waals surface area contributed by atoms with Gasteiger partial charge in [-0.15, -0.1) is 0 Å². The molecule has 1 aliphatic rings. The number of aromatic nitrogens is 2. The molecule has 0 spiro atoms. The molecule has 0 saturated carbocycles. The number of nitrogens with one attached hydrogen (secondary N) is 2. The molecule has 0 radical (unpaired) electrons. The Kier molecular flexibility index (Phi) is 12.7. The number of imidazole rings is 1. The minimum Gasteiger partial charge on any atom is -0.473 e. The second-order valence-corrected chi connectivity index (χ2v) is 8.56. The third-order valence-corrected chi connectivity index (χ3v) is 5.59. The van der Waals surface area contributed by atoms with Gasteiger partial charge in [-0.05, 0) is 24.1 Å². The topological polar surface area (TPSA) is 213 Å². The van der Waals surface area contributed by atoms with Crippen molar-refractivity contribution < 1.29 is 44.4 Å². The van der Waals surface area contributed by atoms with E-state index in [1.54, 1.807) is 0 Å². The first-order valence-electron chi connectivity index (χ1n) is 12.2. The number of benzene rings is 2. The fourth-order valence-corrected chi connectivity index (χ4v) is 3.65. The Hall–Kier alpha value is -4.82. The number of carboxylic acid groups (broad SMARTS) is 4. The van der Waals surface area contributed by atoms with Crippen LogP contribution in [0, 0.1) is 0 Å². The fourth-order valence-electron chi connectivity index (χ4n) is 3.65. The molecule has 0 bridgehead atoms. The lowest BCUT2D eigenvalue weighted by Crippen LogP contribution is -2.49. The molecule has 0 atom stereocenters. The molecule has 1 fully saturated rings. The van der Waals surface area contributed by atoms with E-state index in [1.165, 1.54) is 5.56 Å². The summed E-state index contributed by atoms with van der Waals surface area (Å²) in [5.74, 6) is -6.18. The Morgan fingerprint density at radius 2 is 1.27 bits per heavy atom. The summed E-state index contributed by atoms with van der Waals surface area (Å²) >= 11 is 0. The standard InChI is InChI=1S/C22H27N5O.2C2H2O4/c28-22(23-11-10-18-6-2-1-3-7-18)17-27-14-12-26(13-15-27)16-21-24-19-8-4-5-9-20(19)25-21;2*3-1(4)2(5)6/h1-9H,10-17H2,(H,23,28)(H,24,25);2*(H,3,4)(H,5,6). The monoisotopic (exact) mass is 557 g/mol. The number of hydrogen-bond donors (Lipinski definition) is 6. The maximum absolute atomic E-state index is 12.2. The largest absolute Gasteiger partial charge is 0.473 e. The molecule has 2 aromatic carbocycles. The molecule has 1 aromatic heterocycles. The summed E-state index contributed by atoms with van der Waals surface area (Å²) in [4.78, 5) is 61.3. The smallest absolute Gasteiger partial charge is 0.414 e. The van der Waals surface area contributed by atoms with E-state index < -0.39 is 23.9 Å². The molecule has 14 heteroatoms. The van der Waals surface area contributed by atoms with Crippen LogP contribution in [0.2, 0.25) is 0 Å². The van der Waals surface area contributed by atoms with E-state index in [4.69, 9.17) is 39.6 Å². The van der Waals surface area contributed by atoms with Crippen LogP contribution in [-0.2, 0) is 36.9 Å². The Morgan fingerprint density at radius 1 is 0.750 bits per heavy atom. The number of hydrogen-bond acceptors (Lipinski definition) is 8. The molecule has 214 valence electrons. The number of piperazine rings is 1. The Bertz CT molecular complexity index is 1210. The highest BCUT2D eigenvalue weighted by molar-refractivity contribution is 6.27. The average molecular weight is 558 g/mol. The van der Waals surface area contributed by atoms with Gasteiger partial charge >= 0.3 is 23.9 Å². The van der Waals surface area contributed by atoms with Gasteiger partial charge in [-0.1, -0.05) is 42.5 Å². The van der Waals surface area contributed by atoms with Gasteiger partial charge < -0.3 is 30.7 Å². The zero-order valence-corrected chi connectivity index (χ0v) is 21.5. The molecule has 1 saturated heterocycles. The molecule has 40 heavy (non-hydrogen) atoms. The number of H-pyrrole nitrogens is 1. The van der Waals surface area contributed by atoms with Crippen LogP contribution in [0.5, 0.6) is 0 Å². The average Bonchev–Trinajstić information content (AvgIpc) is 3.33. The van der Waals surface area contributed by atoms with Crippen molar-refractivity contribution in [3.63, 3.8) is 0 Å². The molecule has 2 heterocycles. The summed E-state index contributed by atoms with van der Waals surface area (Å²) in [7, 11) is 0. The lowest BCUT2D eigenvalue weighted by molar-refractivity contribution is -0.159. The summed E-state index contributed by atoms with van der Waals surface area (Å²) in [5.41, 5.74) is 3.36. The molecule has 0 aliphatic carbocycles. The van der Waals surface area contributed by atoms with E-state index in [-0.39, 0.29) is 5.91 Å². The first-order valence-corrected chi connectivity index (χ1v) is 12.2. The summed E-state index contributed by atoms with van der Waals surface area (Å²) in [6.07, 6.45) is 0.873. The number of aliphatic carboxylic acids is 4. The number of carbonyl (C=O) groups excluding carboxylic acids is 1. The van der Waals surface area contributed by atoms with E-state index in [2.05, 4.69) is 43.3 Å². The molecule has 6 N–H and O–H groups in total. The zero-order chi connectivity index (χ0) is 29.5. The van der Waals surface area contributed by atoms with Crippen molar-refractivity contribution >= 4 is 40.8 Å². The number of para-hydroxylation sites is 2. The SMILES string of the molecule is O=C(CN1CCN(Cc2nc3ccccc3[nH]2)CC1)NCCc1ccccc1.O=C(O)C(=O)O.O=C(O)C(=O)O. The molecule has 1 amide bonds. The minimum atomic E-state index is -1.82. The molecule has 14 nitrogen and oxygen atoms in total. The lowest BCUT2D eigenvalue weighted by Gasteiger charge is -2.33. The maximum Gasteiger partial charge on any atom is 0.414 e. The van der Waals surface area contributed by atoms with Crippen molar-refractivity contribution in [2.75, 3.05) is 39.3 Å². The summed E-state index contributed by atoms with van der Waals surface area (Å²) < 4.78 is 0. The van der Waals surface area contributed by atoms with E-state index in [1.807, 2.05) is 36.4 Å². The summed E-state index contributed by atoms with van der Waals surface area (Å²) in [6.45, 7) is 5.72. The van der Waals surface area contributed by atoms with Gasteiger partial charge in [0.05, 0.1) is 24.1 Å². The predicted octanol–water partition coefficient (Wildman–Crippen LogP) is 0.351. The van der Waals surface area contributed by atoms with Crippen molar-refractivity contribution in [2.45, 2.75) is 13.0 Å². The number of aromatic amines is 1. The highest BCUT2D eigenvalue weighted by Gasteiger charge is 2.19. The number of carboxylic acids is 4. The fraction of sp³-hybridized carbons (Fsp3) is 0.308. The van der Waals surface area contributed by atoms with Crippen molar-refractivity contribution in [2.24, 2.45) is 0 Å². The quantitative estimate of drug-likeness (QED) is 0.217. The number of carbonyl (C=O) groups is 5. The van der Waals surface area contributed by atoms with Gasteiger partial charge in [0.25, 0.3) is 0 Å². The number of rotatable bonds is 7.